The fourth-order valence-corrected chi connectivity index (χ4v) is 1.93. The van der Waals surface area contributed by atoms with E-state index in [1.165, 1.54) is 18.2 Å². The summed E-state index contributed by atoms with van der Waals surface area (Å²) in [4.78, 5) is 22.9. The van der Waals surface area contributed by atoms with Crippen molar-refractivity contribution < 1.29 is 19.1 Å². The summed E-state index contributed by atoms with van der Waals surface area (Å²) >= 11 is 6.02. The van der Waals surface area contributed by atoms with Crippen LogP contribution in [0.15, 0.2) is 34.8 Å². The van der Waals surface area contributed by atoms with Crippen molar-refractivity contribution >= 4 is 34.3 Å². The molecule has 0 saturated heterocycles. The summed E-state index contributed by atoms with van der Waals surface area (Å²) in [5.41, 5.74) is 1.09. The van der Waals surface area contributed by atoms with Crippen LogP contribution in [0.25, 0.3) is 11.0 Å². The Morgan fingerprint density at radius 3 is 2.63 bits per heavy atom. The SMILES string of the molecule is C=C(CC)C(=O)c1cc2cc(C(=O)O)oc2cc1Cl. The van der Waals surface area contributed by atoms with Gasteiger partial charge in [-0.25, -0.2) is 4.79 Å². The summed E-state index contributed by atoms with van der Waals surface area (Å²) in [6.07, 6.45) is 0.527. The highest BCUT2D eigenvalue weighted by molar-refractivity contribution is 6.35. The normalized spacial score (nSPS) is 10.6. The van der Waals surface area contributed by atoms with Gasteiger partial charge in [-0.3, -0.25) is 4.79 Å². The monoisotopic (exact) mass is 278 g/mol. The average molecular weight is 279 g/mol. The number of hydrogen-bond donors (Lipinski definition) is 1. The molecule has 1 aromatic carbocycles. The maximum absolute atomic E-state index is 12.0. The largest absolute Gasteiger partial charge is 0.475 e. The van der Waals surface area contributed by atoms with E-state index in [0.29, 0.717) is 28.5 Å². The molecule has 2 aromatic rings. The molecular formula is C14H11ClO4. The van der Waals surface area contributed by atoms with E-state index in [4.69, 9.17) is 21.1 Å². The van der Waals surface area contributed by atoms with E-state index in [-0.39, 0.29) is 16.6 Å². The number of aromatic carboxylic acids is 1. The first-order chi connectivity index (χ1) is 8.93. The lowest BCUT2D eigenvalue weighted by Gasteiger charge is -2.04. The van der Waals surface area contributed by atoms with E-state index in [9.17, 15) is 9.59 Å². The fourth-order valence-electron chi connectivity index (χ4n) is 1.69. The molecule has 4 nitrogen and oxygen atoms in total. The third-order valence-electron chi connectivity index (χ3n) is 2.81. The number of Topliss-reactive ketones (excluding diaryl/α,β-unsaturated/α-hetero) is 1. The molecule has 1 aromatic heterocycles. The van der Waals surface area contributed by atoms with Crippen LogP contribution in [0.5, 0.6) is 0 Å². The van der Waals surface area contributed by atoms with E-state index >= 15 is 0 Å². The highest BCUT2D eigenvalue weighted by atomic mass is 35.5. The molecule has 98 valence electrons. The van der Waals surface area contributed by atoms with Crippen LogP contribution in [0, 0.1) is 0 Å². The van der Waals surface area contributed by atoms with Crippen LogP contribution in [-0.2, 0) is 0 Å². The third-order valence-corrected chi connectivity index (χ3v) is 3.12. The van der Waals surface area contributed by atoms with Gasteiger partial charge in [0.15, 0.2) is 5.78 Å². The van der Waals surface area contributed by atoms with Crippen molar-refractivity contribution in [2.24, 2.45) is 0 Å². The Hall–Kier alpha value is -2.07. The van der Waals surface area contributed by atoms with Gasteiger partial charge in [-0.05, 0) is 24.1 Å². The van der Waals surface area contributed by atoms with Gasteiger partial charge in [-0.15, -0.1) is 0 Å². The molecule has 0 aliphatic rings. The molecule has 1 N–H and O–H groups in total. The summed E-state index contributed by atoms with van der Waals surface area (Å²) in [6, 6.07) is 4.33. The first-order valence-corrected chi connectivity index (χ1v) is 6.00. The summed E-state index contributed by atoms with van der Waals surface area (Å²) in [5, 5.41) is 9.60. The van der Waals surface area contributed by atoms with E-state index < -0.39 is 5.97 Å². The van der Waals surface area contributed by atoms with Crippen LogP contribution in [0.3, 0.4) is 0 Å². The van der Waals surface area contributed by atoms with Crippen molar-refractivity contribution in [2.75, 3.05) is 0 Å². The third kappa shape index (κ3) is 2.39. The minimum absolute atomic E-state index is 0.190. The Morgan fingerprint density at radius 1 is 1.37 bits per heavy atom. The van der Waals surface area contributed by atoms with Gasteiger partial charge in [0.05, 0.1) is 5.02 Å². The number of furan rings is 1. The summed E-state index contributed by atoms with van der Waals surface area (Å²) in [6.45, 7) is 5.50. The first-order valence-electron chi connectivity index (χ1n) is 5.63. The molecule has 0 fully saturated rings. The number of hydrogen-bond acceptors (Lipinski definition) is 3. The van der Waals surface area contributed by atoms with Crippen LogP contribution in [0.4, 0.5) is 0 Å². The molecule has 0 saturated carbocycles. The molecule has 1 heterocycles. The summed E-state index contributed by atoms with van der Waals surface area (Å²) in [5.74, 6) is -1.60. The number of fused-ring (bicyclic) bond motifs is 1. The highest BCUT2D eigenvalue weighted by Gasteiger charge is 2.17. The second-order valence-corrected chi connectivity index (χ2v) is 4.48. The zero-order valence-electron chi connectivity index (χ0n) is 10.2. The number of benzene rings is 1. The van der Waals surface area contributed by atoms with Gasteiger partial charge >= 0.3 is 5.97 Å². The number of ketones is 1. The molecule has 19 heavy (non-hydrogen) atoms. The quantitative estimate of drug-likeness (QED) is 0.679. The van der Waals surface area contributed by atoms with E-state index in [1.807, 2.05) is 6.92 Å². The van der Waals surface area contributed by atoms with Crippen molar-refractivity contribution in [1.82, 2.24) is 0 Å². The Kier molecular flexibility index (Phi) is 3.44. The number of carboxylic acids is 1. The number of carbonyl (C=O) groups excluding carboxylic acids is 1. The lowest BCUT2D eigenvalue weighted by molar-refractivity contribution is 0.0665. The van der Waals surface area contributed by atoms with Crippen molar-refractivity contribution in [3.8, 4) is 0 Å². The molecule has 0 unspecified atom stereocenters. The molecule has 0 radical (unpaired) electrons. The van der Waals surface area contributed by atoms with Crippen LogP contribution < -0.4 is 0 Å². The predicted octanol–water partition coefficient (Wildman–Crippen LogP) is 3.93. The van der Waals surface area contributed by atoms with E-state index in [2.05, 4.69) is 6.58 Å². The van der Waals surface area contributed by atoms with Gasteiger partial charge in [-0.2, -0.15) is 0 Å². The summed E-state index contributed by atoms with van der Waals surface area (Å²) < 4.78 is 5.11. The van der Waals surface area contributed by atoms with Crippen molar-refractivity contribution in [3.63, 3.8) is 0 Å². The number of carbonyl (C=O) groups is 2. The number of allylic oxidation sites excluding steroid dienone is 1. The van der Waals surface area contributed by atoms with Crippen molar-refractivity contribution in [2.45, 2.75) is 13.3 Å². The fraction of sp³-hybridized carbons (Fsp3) is 0.143. The van der Waals surface area contributed by atoms with Gasteiger partial charge in [-0.1, -0.05) is 25.1 Å². The number of carboxylic acid groups (broad SMARTS) is 1. The standard InChI is InChI=1S/C14H11ClO4/c1-3-7(2)13(16)9-4-8-5-12(14(17)18)19-11(8)6-10(9)15/h4-6H,2-3H2,1H3,(H,17,18). The maximum atomic E-state index is 12.0. The molecule has 0 atom stereocenters. The predicted molar refractivity (Wildman–Crippen MR) is 71.9 cm³/mol. The van der Waals surface area contributed by atoms with Gasteiger partial charge in [0.2, 0.25) is 5.76 Å². The molecular weight excluding hydrogens is 268 g/mol. The minimum atomic E-state index is -1.17. The topological polar surface area (TPSA) is 67.5 Å². The molecule has 2 rings (SSSR count). The lowest BCUT2D eigenvalue weighted by Crippen LogP contribution is -2.02. The number of rotatable bonds is 4. The second kappa shape index (κ2) is 4.90. The second-order valence-electron chi connectivity index (χ2n) is 4.07. The molecule has 0 bridgehead atoms. The average Bonchev–Trinajstić information content (AvgIpc) is 2.78. The van der Waals surface area contributed by atoms with Gasteiger partial charge < -0.3 is 9.52 Å². The van der Waals surface area contributed by atoms with Crippen LogP contribution in [-0.4, -0.2) is 16.9 Å². The molecule has 5 heteroatoms. The maximum Gasteiger partial charge on any atom is 0.371 e. The summed E-state index contributed by atoms with van der Waals surface area (Å²) in [7, 11) is 0. The Balaban J connectivity index is 2.58. The Labute approximate surface area is 114 Å². The zero-order chi connectivity index (χ0) is 14.2. The smallest absolute Gasteiger partial charge is 0.371 e. The van der Waals surface area contributed by atoms with Gasteiger partial charge in [0, 0.05) is 17.0 Å². The van der Waals surface area contributed by atoms with Crippen molar-refractivity contribution in [3.05, 3.63) is 46.7 Å². The Morgan fingerprint density at radius 2 is 2.05 bits per heavy atom. The minimum Gasteiger partial charge on any atom is -0.475 e. The molecule has 0 aliphatic heterocycles. The van der Waals surface area contributed by atoms with Gasteiger partial charge in [0.1, 0.15) is 5.58 Å². The number of halogens is 1. The highest BCUT2D eigenvalue weighted by Crippen LogP contribution is 2.28. The zero-order valence-corrected chi connectivity index (χ0v) is 11.0. The molecule has 0 aliphatic carbocycles. The Bertz CT molecular complexity index is 697. The molecule has 0 amide bonds. The molecule has 0 spiro atoms. The van der Waals surface area contributed by atoms with E-state index in [1.54, 1.807) is 0 Å². The first kappa shape index (κ1) is 13.4. The van der Waals surface area contributed by atoms with E-state index in [0.717, 1.165) is 0 Å². The van der Waals surface area contributed by atoms with Gasteiger partial charge in [0.25, 0.3) is 0 Å². The van der Waals surface area contributed by atoms with Crippen LogP contribution in [0.2, 0.25) is 5.02 Å². The van der Waals surface area contributed by atoms with Crippen LogP contribution >= 0.6 is 11.6 Å². The lowest BCUT2D eigenvalue weighted by atomic mass is 10.0. The van der Waals surface area contributed by atoms with Crippen LogP contribution in [0.1, 0.15) is 34.3 Å². The van der Waals surface area contributed by atoms with Crippen molar-refractivity contribution in [1.29, 1.82) is 0 Å².